The molecule has 4 nitrogen and oxygen atoms in total. The highest BCUT2D eigenvalue weighted by Gasteiger charge is 2.17. The summed E-state index contributed by atoms with van der Waals surface area (Å²) >= 11 is 0. The fourth-order valence-electron chi connectivity index (χ4n) is 1.66. The van der Waals surface area contributed by atoms with Crippen molar-refractivity contribution in [3.8, 4) is 0 Å². The van der Waals surface area contributed by atoms with Crippen molar-refractivity contribution in [1.29, 1.82) is 0 Å². The third kappa shape index (κ3) is 5.22. The Hall–Kier alpha value is -2.17. The van der Waals surface area contributed by atoms with Gasteiger partial charge in [0, 0.05) is 11.6 Å². The number of hydrogen-bond donors (Lipinski definition) is 2. The number of rotatable bonds is 7. The third-order valence-corrected chi connectivity index (χ3v) is 2.78. The van der Waals surface area contributed by atoms with Gasteiger partial charge < -0.3 is 10.4 Å². The summed E-state index contributed by atoms with van der Waals surface area (Å²) in [5.41, 5.74) is 0.281. The molecule has 20 heavy (non-hydrogen) atoms. The minimum absolute atomic E-state index is 0.281. The molecule has 1 rings (SSSR count). The lowest BCUT2D eigenvalue weighted by molar-refractivity contribution is -0.141. The van der Waals surface area contributed by atoms with Gasteiger partial charge in [0.2, 0.25) is 5.91 Å². The molecule has 0 heterocycles. The lowest BCUT2D eigenvalue weighted by atomic mass is 10.1. The van der Waals surface area contributed by atoms with E-state index in [1.54, 1.807) is 12.1 Å². The fourth-order valence-corrected chi connectivity index (χ4v) is 1.66. The van der Waals surface area contributed by atoms with Gasteiger partial charge >= 0.3 is 5.97 Å². The van der Waals surface area contributed by atoms with Gasteiger partial charge in [-0.3, -0.25) is 4.79 Å². The van der Waals surface area contributed by atoms with Crippen molar-refractivity contribution >= 4 is 18.0 Å². The van der Waals surface area contributed by atoms with E-state index in [0.29, 0.717) is 12.8 Å². The monoisotopic (exact) mass is 279 g/mol. The first-order chi connectivity index (χ1) is 9.54. The Morgan fingerprint density at radius 2 is 2.10 bits per heavy atom. The van der Waals surface area contributed by atoms with Crippen LogP contribution in [0.25, 0.3) is 6.08 Å². The molecule has 0 saturated heterocycles. The van der Waals surface area contributed by atoms with E-state index in [-0.39, 0.29) is 5.56 Å². The van der Waals surface area contributed by atoms with E-state index >= 15 is 0 Å². The average molecular weight is 279 g/mol. The number of carbonyl (C=O) groups excluding carboxylic acids is 1. The summed E-state index contributed by atoms with van der Waals surface area (Å²) in [7, 11) is 0. The predicted octanol–water partition coefficient (Wildman–Crippen LogP) is 2.60. The van der Waals surface area contributed by atoms with E-state index in [9.17, 15) is 14.0 Å². The van der Waals surface area contributed by atoms with Gasteiger partial charge in [-0.25, -0.2) is 9.18 Å². The van der Waals surface area contributed by atoms with Crippen LogP contribution in [0.2, 0.25) is 0 Å². The molecule has 0 aliphatic rings. The minimum Gasteiger partial charge on any atom is -0.480 e. The fraction of sp³-hybridized carbons (Fsp3) is 0.333. The standard InChI is InChI=1S/C15H18FNO3/c1-2-3-8-13(15(19)20)17-14(18)10-9-11-6-4-5-7-12(11)16/h4-7,9-10,13H,2-3,8H2,1H3,(H,17,18)(H,19,20)/b10-9+. The van der Waals surface area contributed by atoms with Crippen LogP contribution in [0.15, 0.2) is 30.3 Å². The van der Waals surface area contributed by atoms with Crippen LogP contribution in [0, 0.1) is 5.82 Å². The van der Waals surface area contributed by atoms with Gasteiger partial charge in [-0.2, -0.15) is 0 Å². The molecule has 0 fully saturated rings. The summed E-state index contributed by atoms with van der Waals surface area (Å²) in [6, 6.07) is 5.12. The zero-order chi connectivity index (χ0) is 15.0. The zero-order valence-electron chi connectivity index (χ0n) is 11.3. The molecule has 0 aliphatic heterocycles. The lowest BCUT2D eigenvalue weighted by Gasteiger charge is -2.12. The largest absolute Gasteiger partial charge is 0.480 e. The highest BCUT2D eigenvalue weighted by Crippen LogP contribution is 2.08. The molecule has 1 unspecified atom stereocenters. The van der Waals surface area contributed by atoms with Crippen LogP contribution >= 0.6 is 0 Å². The first kappa shape index (κ1) is 15.9. The number of benzene rings is 1. The molecule has 0 aliphatic carbocycles. The second-order valence-electron chi connectivity index (χ2n) is 4.40. The summed E-state index contributed by atoms with van der Waals surface area (Å²) in [4.78, 5) is 22.6. The number of carboxylic acid groups (broad SMARTS) is 1. The smallest absolute Gasteiger partial charge is 0.326 e. The van der Waals surface area contributed by atoms with Crippen molar-refractivity contribution in [2.75, 3.05) is 0 Å². The van der Waals surface area contributed by atoms with Crippen molar-refractivity contribution in [1.82, 2.24) is 5.32 Å². The Kier molecular flexibility index (Phi) is 6.43. The normalized spacial score (nSPS) is 12.3. The van der Waals surface area contributed by atoms with Crippen LogP contribution in [-0.2, 0) is 9.59 Å². The van der Waals surface area contributed by atoms with E-state index in [2.05, 4.69) is 5.32 Å². The first-order valence-corrected chi connectivity index (χ1v) is 6.50. The summed E-state index contributed by atoms with van der Waals surface area (Å²) < 4.78 is 13.3. The van der Waals surface area contributed by atoms with E-state index in [1.165, 1.54) is 18.2 Å². The molecule has 0 radical (unpaired) electrons. The molecule has 1 amide bonds. The SMILES string of the molecule is CCCCC(NC(=O)/C=C/c1ccccc1F)C(=O)O. The Balaban J connectivity index is 2.61. The summed E-state index contributed by atoms with van der Waals surface area (Å²) in [5.74, 6) is -2.04. The summed E-state index contributed by atoms with van der Waals surface area (Å²) in [5, 5.41) is 11.4. The number of carbonyl (C=O) groups is 2. The van der Waals surface area contributed by atoms with E-state index in [4.69, 9.17) is 5.11 Å². The van der Waals surface area contributed by atoms with Crippen molar-refractivity contribution in [2.24, 2.45) is 0 Å². The Labute approximate surface area is 117 Å². The third-order valence-electron chi connectivity index (χ3n) is 2.78. The summed E-state index contributed by atoms with van der Waals surface area (Å²) in [6.45, 7) is 1.94. The number of aliphatic carboxylic acids is 1. The van der Waals surface area contributed by atoms with Gasteiger partial charge in [-0.15, -0.1) is 0 Å². The number of halogens is 1. The van der Waals surface area contributed by atoms with E-state index in [1.807, 2.05) is 6.92 Å². The van der Waals surface area contributed by atoms with Crippen molar-refractivity contribution < 1.29 is 19.1 Å². The quantitative estimate of drug-likeness (QED) is 0.754. The minimum atomic E-state index is -1.06. The number of nitrogens with one attached hydrogen (secondary N) is 1. The maximum atomic E-state index is 13.3. The highest BCUT2D eigenvalue weighted by atomic mass is 19.1. The molecule has 0 bridgehead atoms. The van der Waals surface area contributed by atoms with Gasteiger partial charge in [0.25, 0.3) is 0 Å². The topological polar surface area (TPSA) is 66.4 Å². The van der Waals surface area contributed by atoms with Crippen LogP contribution in [-0.4, -0.2) is 23.0 Å². The van der Waals surface area contributed by atoms with E-state index < -0.39 is 23.7 Å². The molecule has 108 valence electrons. The van der Waals surface area contributed by atoms with Crippen molar-refractivity contribution in [3.63, 3.8) is 0 Å². The molecule has 1 aromatic rings. The molecule has 0 spiro atoms. The molecule has 1 aromatic carbocycles. The van der Waals surface area contributed by atoms with Crippen LogP contribution in [0.5, 0.6) is 0 Å². The molecule has 5 heteroatoms. The van der Waals surface area contributed by atoms with Gasteiger partial charge in [-0.1, -0.05) is 38.0 Å². The van der Waals surface area contributed by atoms with E-state index in [0.717, 1.165) is 12.5 Å². The van der Waals surface area contributed by atoms with Crippen LogP contribution in [0.3, 0.4) is 0 Å². The highest BCUT2D eigenvalue weighted by molar-refractivity contribution is 5.94. The van der Waals surface area contributed by atoms with Crippen LogP contribution in [0.4, 0.5) is 4.39 Å². The van der Waals surface area contributed by atoms with Crippen molar-refractivity contribution in [2.45, 2.75) is 32.2 Å². The molecule has 0 saturated carbocycles. The molecular weight excluding hydrogens is 261 g/mol. The van der Waals surface area contributed by atoms with Crippen molar-refractivity contribution in [3.05, 3.63) is 41.7 Å². The second-order valence-corrected chi connectivity index (χ2v) is 4.40. The Bertz CT molecular complexity index is 500. The number of carboxylic acids is 1. The second kappa shape index (κ2) is 8.09. The molecular formula is C15H18FNO3. The number of unbranched alkanes of at least 4 members (excludes halogenated alkanes) is 1. The predicted molar refractivity (Wildman–Crippen MR) is 74.5 cm³/mol. The Morgan fingerprint density at radius 1 is 1.40 bits per heavy atom. The number of hydrogen-bond acceptors (Lipinski definition) is 2. The summed E-state index contributed by atoms with van der Waals surface area (Å²) in [6.07, 6.45) is 4.41. The Morgan fingerprint density at radius 3 is 2.70 bits per heavy atom. The molecule has 2 N–H and O–H groups in total. The van der Waals surface area contributed by atoms with Gasteiger partial charge in [-0.05, 0) is 18.6 Å². The number of amides is 1. The maximum Gasteiger partial charge on any atom is 0.326 e. The van der Waals surface area contributed by atoms with Gasteiger partial charge in [0.1, 0.15) is 11.9 Å². The van der Waals surface area contributed by atoms with Crippen LogP contribution < -0.4 is 5.32 Å². The maximum absolute atomic E-state index is 13.3. The van der Waals surface area contributed by atoms with Crippen LogP contribution in [0.1, 0.15) is 31.7 Å². The van der Waals surface area contributed by atoms with Gasteiger partial charge in [0.05, 0.1) is 0 Å². The molecule has 0 aromatic heterocycles. The average Bonchev–Trinajstić information content (AvgIpc) is 2.42. The van der Waals surface area contributed by atoms with Gasteiger partial charge in [0.15, 0.2) is 0 Å². The first-order valence-electron chi connectivity index (χ1n) is 6.50. The zero-order valence-corrected chi connectivity index (χ0v) is 11.3. The lowest BCUT2D eigenvalue weighted by Crippen LogP contribution is -2.39. The molecule has 1 atom stereocenters.